The smallest absolute Gasteiger partial charge is 0.227 e. The largest absolute Gasteiger partial charge is 0.354 e. The van der Waals surface area contributed by atoms with Crippen LogP contribution >= 0.6 is 0 Å². The van der Waals surface area contributed by atoms with Gasteiger partial charge in [0.15, 0.2) is 0 Å². The Morgan fingerprint density at radius 1 is 1.50 bits per heavy atom. The molecule has 0 spiro atoms. The fourth-order valence-electron chi connectivity index (χ4n) is 1.00. The van der Waals surface area contributed by atoms with Crippen LogP contribution in [-0.2, 0) is 4.79 Å². The van der Waals surface area contributed by atoms with E-state index in [1.807, 2.05) is 32.8 Å². The van der Waals surface area contributed by atoms with Crippen LogP contribution in [0.25, 0.3) is 0 Å². The molecule has 4 nitrogen and oxygen atoms in total. The summed E-state index contributed by atoms with van der Waals surface area (Å²) in [5.74, 6) is 0.0596. The van der Waals surface area contributed by atoms with Crippen LogP contribution in [0.1, 0.15) is 20.3 Å². The van der Waals surface area contributed by atoms with Crippen molar-refractivity contribution in [3.63, 3.8) is 0 Å². The highest BCUT2D eigenvalue weighted by molar-refractivity contribution is 5.82. The minimum atomic E-state index is -0.410. The Hall–Kier alpha value is -0.610. The number of carbonyl (C=O) groups excluding carboxylic acids is 1. The average Bonchev–Trinajstić information content (AvgIpc) is 2.15. The number of amides is 1. The van der Waals surface area contributed by atoms with Crippen molar-refractivity contribution in [1.29, 1.82) is 0 Å². The second-order valence-electron chi connectivity index (χ2n) is 4.18. The molecule has 0 bridgehead atoms. The molecule has 0 saturated carbocycles. The summed E-state index contributed by atoms with van der Waals surface area (Å²) < 4.78 is 0. The first kappa shape index (κ1) is 13.4. The van der Waals surface area contributed by atoms with E-state index in [0.29, 0.717) is 13.1 Å². The van der Waals surface area contributed by atoms with Gasteiger partial charge in [-0.1, -0.05) is 6.92 Å². The molecule has 0 saturated heterocycles. The summed E-state index contributed by atoms with van der Waals surface area (Å²) in [5, 5.41) is 2.90. The van der Waals surface area contributed by atoms with Crippen molar-refractivity contribution < 1.29 is 4.79 Å². The topological polar surface area (TPSA) is 58.4 Å². The van der Waals surface area contributed by atoms with Crippen molar-refractivity contribution in [3.8, 4) is 0 Å². The molecule has 1 amide bonds. The zero-order valence-electron chi connectivity index (χ0n) is 9.76. The summed E-state index contributed by atoms with van der Waals surface area (Å²) >= 11 is 0. The van der Waals surface area contributed by atoms with Gasteiger partial charge in [0.2, 0.25) is 5.91 Å². The molecule has 0 aromatic carbocycles. The molecular formula is C10H23N3O. The van der Waals surface area contributed by atoms with Crippen LogP contribution in [0.2, 0.25) is 0 Å². The third kappa shape index (κ3) is 4.07. The lowest BCUT2D eigenvalue weighted by atomic mass is 9.87. The van der Waals surface area contributed by atoms with Crippen molar-refractivity contribution in [1.82, 2.24) is 10.2 Å². The number of nitrogens with two attached hydrogens (primary N) is 1. The summed E-state index contributed by atoms with van der Waals surface area (Å²) in [6.45, 7) is 5.82. The van der Waals surface area contributed by atoms with Gasteiger partial charge in [0, 0.05) is 19.6 Å². The Balaban J connectivity index is 3.94. The van der Waals surface area contributed by atoms with E-state index < -0.39 is 5.41 Å². The molecule has 0 aromatic heterocycles. The lowest BCUT2D eigenvalue weighted by Gasteiger charge is -2.25. The molecule has 0 aliphatic carbocycles. The lowest BCUT2D eigenvalue weighted by Crippen LogP contribution is -2.45. The highest BCUT2D eigenvalue weighted by Crippen LogP contribution is 2.18. The second kappa shape index (κ2) is 5.98. The molecule has 84 valence electrons. The minimum absolute atomic E-state index is 0.0596. The number of hydrogen-bond acceptors (Lipinski definition) is 3. The van der Waals surface area contributed by atoms with E-state index in [2.05, 4.69) is 5.32 Å². The quantitative estimate of drug-likeness (QED) is 0.638. The third-order valence-corrected chi connectivity index (χ3v) is 2.62. The molecule has 1 unspecified atom stereocenters. The summed E-state index contributed by atoms with van der Waals surface area (Å²) in [7, 11) is 3.96. The number of carbonyl (C=O) groups is 1. The van der Waals surface area contributed by atoms with Crippen LogP contribution in [-0.4, -0.2) is 44.5 Å². The fourth-order valence-corrected chi connectivity index (χ4v) is 1.00. The van der Waals surface area contributed by atoms with E-state index in [0.717, 1.165) is 13.0 Å². The van der Waals surface area contributed by atoms with Gasteiger partial charge in [-0.25, -0.2) is 0 Å². The van der Waals surface area contributed by atoms with Gasteiger partial charge in [0.25, 0.3) is 0 Å². The maximum absolute atomic E-state index is 11.7. The first-order chi connectivity index (χ1) is 6.46. The highest BCUT2D eigenvalue weighted by Gasteiger charge is 2.28. The van der Waals surface area contributed by atoms with Crippen LogP contribution in [0.4, 0.5) is 0 Å². The van der Waals surface area contributed by atoms with Gasteiger partial charge in [-0.15, -0.1) is 0 Å². The predicted octanol–water partition coefficient (Wildman–Crippen LogP) is 0.0392. The zero-order valence-corrected chi connectivity index (χ0v) is 9.76. The SMILES string of the molecule is CCC(C)(CN)C(=O)NCCN(C)C. The first-order valence-electron chi connectivity index (χ1n) is 5.09. The number of nitrogens with zero attached hydrogens (tertiary/aromatic N) is 1. The van der Waals surface area contributed by atoms with Gasteiger partial charge in [0.1, 0.15) is 0 Å². The van der Waals surface area contributed by atoms with Gasteiger partial charge in [-0.3, -0.25) is 4.79 Å². The zero-order chi connectivity index (χ0) is 11.2. The van der Waals surface area contributed by atoms with Crippen molar-refractivity contribution in [3.05, 3.63) is 0 Å². The molecule has 0 rings (SSSR count). The number of hydrogen-bond donors (Lipinski definition) is 2. The van der Waals surface area contributed by atoms with E-state index in [9.17, 15) is 4.79 Å². The Kier molecular flexibility index (Phi) is 5.72. The summed E-state index contributed by atoms with van der Waals surface area (Å²) in [6, 6.07) is 0. The first-order valence-corrected chi connectivity index (χ1v) is 5.09. The van der Waals surface area contributed by atoms with Crippen molar-refractivity contribution in [2.45, 2.75) is 20.3 Å². The van der Waals surface area contributed by atoms with Crippen LogP contribution < -0.4 is 11.1 Å². The molecule has 4 heteroatoms. The molecule has 3 N–H and O–H groups in total. The van der Waals surface area contributed by atoms with Crippen LogP contribution in [0.15, 0.2) is 0 Å². The standard InChI is InChI=1S/C10H23N3O/c1-5-10(2,8-11)9(14)12-6-7-13(3)4/h5-8,11H2,1-4H3,(H,12,14). The van der Waals surface area contributed by atoms with Crippen LogP contribution in [0.3, 0.4) is 0 Å². The number of nitrogens with one attached hydrogen (secondary N) is 1. The van der Waals surface area contributed by atoms with Crippen LogP contribution in [0, 0.1) is 5.41 Å². The molecule has 0 radical (unpaired) electrons. The van der Waals surface area contributed by atoms with Crippen molar-refractivity contribution in [2.75, 3.05) is 33.7 Å². The Morgan fingerprint density at radius 2 is 2.07 bits per heavy atom. The van der Waals surface area contributed by atoms with Gasteiger partial charge < -0.3 is 16.0 Å². The van der Waals surface area contributed by atoms with Crippen molar-refractivity contribution >= 4 is 5.91 Å². The highest BCUT2D eigenvalue weighted by atomic mass is 16.2. The molecule has 0 fully saturated rings. The summed E-state index contributed by atoms with van der Waals surface area (Å²) in [6.07, 6.45) is 0.775. The van der Waals surface area contributed by atoms with E-state index in [-0.39, 0.29) is 5.91 Å². The van der Waals surface area contributed by atoms with Gasteiger partial charge in [-0.2, -0.15) is 0 Å². The molecule has 14 heavy (non-hydrogen) atoms. The Morgan fingerprint density at radius 3 is 2.43 bits per heavy atom. The number of rotatable bonds is 6. The van der Waals surface area contributed by atoms with E-state index in [4.69, 9.17) is 5.73 Å². The predicted molar refractivity (Wildman–Crippen MR) is 59.0 cm³/mol. The molecule has 1 atom stereocenters. The van der Waals surface area contributed by atoms with E-state index in [1.165, 1.54) is 0 Å². The maximum atomic E-state index is 11.7. The Labute approximate surface area is 86.8 Å². The lowest BCUT2D eigenvalue weighted by molar-refractivity contribution is -0.129. The molecule has 0 aliphatic rings. The normalized spacial score (nSPS) is 15.3. The van der Waals surface area contributed by atoms with Gasteiger partial charge >= 0.3 is 0 Å². The van der Waals surface area contributed by atoms with Gasteiger partial charge in [0.05, 0.1) is 5.41 Å². The second-order valence-corrected chi connectivity index (χ2v) is 4.18. The molecule has 0 aromatic rings. The fraction of sp³-hybridized carbons (Fsp3) is 0.900. The summed E-state index contributed by atoms with van der Waals surface area (Å²) in [5.41, 5.74) is 5.17. The third-order valence-electron chi connectivity index (χ3n) is 2.62. The number of likely N-dealkylation sites (N-methyl/N-ethyl adjacent to an activating group) is 1. The molecular weight excluding hydrogens is 178 g/mol. The van der Waals surface area contributed by atoms with Crippen molar-refractivity contribution in [2.24, 2.45) is 11.1 Å². The Bertz CT molecular complexity index is 176. The van der Waals surface area contributed by atoms with E-state index >= 15 is 0 Å². The maximum Gasteiger partial charge on any atom is 0.227 e. The minimum Gasteiger partial charge on any atom is -0.354 e. The molecule has 0 heterocycles. The van der Waals surface area contributed by atoms with E-state index in [1.54, 1.807) is 0 Å². The van der Waals surface area contributed by atoms with Crippen LogP contribution in [0.5, 0.6) is 0 Å². The van der Waals surface area contributed by atoms with Gasteiger partial charge in [-0.05, 0) is 27.4 Å². The monoisotopic (exact) mass is 201 g/mol. The summed E-state index contributed by atoms with van der Waals surface area (Å²) in [4.78, 5) is 13.7. The average molecular weight is 201 g/mol. The molecule has 0 aliphatic heterocycles.